The number of aromatic nitrogens is 2. The smallest absolute Gasteiger partial charge is 0.152 e. The van der Waals surface area contributed by atoms with Crippen LogP contribution < -0.4 is 10.6 Å². The first kappa shape index (κ1) is 13.4. The molecule has 1 saturated heterocycles. The first-order valence-corrected chi connectivity index (χ1v) is 7.58. The van der Waals surface area contributed by atoms with Gasteiger partial charge in [-0.3, -0.25) is 0 Å². The van der Waals surface area contributed by atoms with Crippen molar-refractivity contribution < 1.29 is 0 Å². The maximum absolute atomic E-state index is 5.96. The lowest BCUT2D eigenvalue weighted by molar-refractivity contribution is 0.237. The number of hydrogen-bond donors (Lipinski definition) is 1. The van der Waals surface area contributed by atoms with Crippen molar-refractivity contribution in [1.29, 1.82) is 0 Å². The van der Waals surface area contributed by atoms with Crippen LogP contribution in [0.2, 0.25) is 0 Å². The molecule has 0 saturated carbocycles. The van der Waals surface area contributed by atoms with Gasteiger partial charge in [0.1, 0.15) is 5.65 Å². The zero-order valence-electron chi connectivity index (χ0n) is 12.5. The second-order valence-corrected chi connectivity index (χ2v) is 6.17. The van der Waals surface area contributed by atoms with E-state index in [4.69, 9.17) is 10.7 Å². The molecule has 20 heavy (non-hydrogen) atoms. The molecule has 0 amide bonds. The van der Waals surface area contributed by atoms with Crippen LogP contribution in [0.4, 0.5) is 5.82 Å². The van der Waals surface area contributed by atoms with Crippen LogP contribution in [0.15, 0.2) is 24.4 Å². The number of piperidine rings is 1. The Bertz CT molecular complexity index is 594. The van der Waals surface area contributed by atoms with E-state index in [2.05, 4.69) is 23.1 Å². The molecule has 1 aliphatic rings. The highest BCUT2D eigenvalue weighted by molar-refractivity contribution is 5.56. The van der Waals surface area contributed by atoms with Gasteiger partial charge in [-0.05, 0) is 30.4 Å². The summed E-state index contributed by atoms with van der Waals surface area (Å²) in [5, 5.41) is 0. The van der Waals surface area contributed by atoms with Crippen LogP contribution in [0.25, 0.3) is 5.65 Å². The molecule has 2 N–H and O–H groups in total. The third-order valence-corrected chi connectivity index (χ3v) is 4.92. The predicted molar refractivity (Wildman–Crippen MR) is 82.9 cm³/mol. The number of anilines is 1. The highest BCUT2D eigenvalue weighted by Crippen LogP contribution is 2.36. The lowest BCUT2D eigenvalue weighted by atomic mass is 9.78. The van der Waals surface area contributed by atoms with Gasteiger partial charge in [-0.2, -0.15) is 0 Å². The molecule has 0 unspecified atom stereocenters. The number of rotatable bonds is 3. The van der Waals surface area contributed by atoms with E-state index in [-0.39, 0.29) is 0 Å². The van der Waals surface area contributed by atoms with Crippen molar-refractivity contribution in [1.82, 2.24) is 9.38 Å². The third kappa shape index (κ3) is 2.18. The number of nitrogens with zero attached hydrogens (tertiary/aromatic N) is 3. The Labute approximate surface area is 120 Å². The fourth-order valence-corrected chi connectivity index (χ4v) is 3.09. The van der Waals surface area contributed by atoms with Crippen LogP contribution in [0.1, 0.15) is 38.8 Å². The fraction of sp³-hybridized carbons (Fsp3) is 0.562. The summed E-state index contributed by atoms with van der Waals surface area (Å²) in [6.45, 7) is 7.40. The van der Waals surface area contributed by atoms with E-state index < -0.39 is 0 Å². The van der Waals surface area contributed by atoms with Crippen LogP contribution >= 0.6 is 0 Å². The van der Waals surface area contributed by atoms with Crippen molar-refractivity contribution in [2.45, 2.75) is 39.7 Å². The van der Waals surface area contributed by atoms with Crippen LogP contribution in [-0.2, 0) is 6.54 Å². The number of pyridine rings is 1. The minimum Gasteiger partial charge on any atom is -0.355 e. The summed E-state index contributed by atoms with van der Waals surface area (Å²) in [5.74, 6) is 1.08. The molecule has 1 fully saturated rings. The maximum Gasteiger partial charge on any atom is 0.152 e. The van der Waals surface area contributed by atoms with Crippen LogP contribution in [0.3, 0.4) is 0 Å². The molecule has 0 bridgehead atoms. The molecule has 3 rings (SSSR count). The van der Waals surface area contributed by atoms with E-state index in [9.17, 15) is 0 Å². The number of fused-ring (bicyclic) bond motifs is 1. The van der Waals surface area contributed by atoms with Gasteiger partial charge in [-0.15, -0.1) is 0 Å². The van der Waals surface area contributed by atoms with Crippen molar-refractivity contribution in [3.63, 3.8) is 0 Å². The van der Waals surface area contributed by atoms with Gasteiger partial charge in [0.2, 0.25) is 0 Å². The molecule has 0 radical (unpaired) electrons. The predicted octanol–water partition coefficient (Wildman–Crippen LogP) is 2.81. The van der Waals surface area contributed by atoms with Crippen molar-refractivity contribution in [3.05, 3.63) is 30.1 Å². The Hall–Kier alpha value is -1.55. The molecule has 0 atom stereocenters. The average molecular weight is 272 g/mol. The van der Waals surface area contributed by atoms with Crippen molar-refractivity contribution in [3.8, 4) is 0 Å². The fourth-order valence-electron chi connectivity index (χ4n) is 3.09. The van der Waals surface area contributed by atoms with E-state index in [0.29, 0.717) is 12.0 Å². The minimum absolute atomic E-state index is 0.499. The standard InChI is InChI=1S/C16H24N4/c1-3-16(2)7-10-19(11-8-16)15-13(12-17)20-9-5-4-6-14(20)18-15/h4-6,9H,3,7-8,10-12,17H2,1-2H3. The molecule has 0 spiro atoms. The Morgan fingerprint density at radius 2 is 2.05 bits per heavy atom. The number of nitrogens with two attached hydrogens (primary N) is 1. The molecule has 0 aliphatic carbocycles. The first-order valence-electron chi connectivity index (χ1n) is 7.58. The van der Waals surface area contributed by atoms with Gasteiger partial charge in [0.05, 0.1) is 5.69 Å². The van der Waals surface area contributed by atoms with Gasteiger partial charge in [0, 0.05) is 25.8 Å². The molecule has 1 aliphatic heterocycles. The Kier molecular flexibility index (Phi) is 3.42. The topological polar surface area (TPSA) is 46.6 Å². The van der Waals surface area contributed by atoms with Gasteiger partial charge >= 0.3 is 0 Å². The van der Waals surface area contributed by atoms with Gasteiger partial charge < -0.3 is 15.0 Å². The first-order chi connectivity index (χ1) is 9.67. The average Bonchev–Trinajstić information content (AvgIpc) is 2.86. The Morgan fingerprint density at radius 3 is 2.70 bits per heavy atom. The van der Waals surface area contributed by atoms with Crippen molar-refractivity contribution in [2.24, 2.45) is 11.1 Å². The molecular weight excluding hydrogens is 248 g/mol. The maximum atomic E-state index is 5.96. The van der Waals surface area contributed by atoms with Crippen LogP contribution in [-0.4, -0.2) is 22.5 Å². The summed E-state index contributed by atoms with van der Waals surface area (Å²) < 4.78 is 2.11. The normalized spacial score (nSPS) is 18.6. The number of hydrogen-bond acceptors (Lipinski definition) is 3. The quantitative estimate of drug-likeness (QED) is 0.934. The van der Waals surface area contributed by atoms with Gasteiger partial charge in [0.15, 0.2) is 5.82 Å². The van der Waals surface area contributed by atoms with E-state index >= 15 is 0 Å². The Balaban J connectivity index is 1.91. The highest BCUT2D eigenvalue weighted by Gasteiger charge is 2.30. The lowest BCUT2D eigenvalue weighted by Crippen LogP contribution is -2.39. The summed E-state index contributed by atoms with van der Waals surface area (Å²) >= 11 is 0. The minimum atomic E-state index is 0.499. The van der Waals surface area contributed by atoms with Crippen LogP contribution in [0.5, 0.6) is 0 Å². The van der Waals surface area contributed by atoms with E-state index in [0.717, 1.165) is 30.2 Å². The van der Waals surface area contributed by atoms with Crippen molar-refractivity contribution >= 4 is 11.5 Å². The molecule has 2 aromatic rings. The monoisotopic (exact) mass is 272 g/mol. The highest BCUT2D eigenvalue weighted by atomic mass is 15.2. The van der Waals surface area contributed by atoms with E-state index in [1.807, 2.05) is 24.4 Å². The van der Waals surface area contributed by atoms with Gasteiger partial charge in [-0.25, -0.2) is 4.98 Å². The Morgan fingerprint density at radius 1 is 1.30 bits per heavy atom. The molecule has 108 valence electrons. The second kappa shape index (κ2) is 5.09. The lowest BCUT2D eigenvalue weighted by Gasteiger charge is -2.39. The second-order valence-electron chi connectivity index (χ2n) is 6.17. The summed E-state index contributed by atoms with van der Waals surface area (Å²) in [6, 6.07) is 6.10. The summed E-state index contributed by atoms with van der Waals surface area (Å²) in [7, 11) is 0. The van der Waals surface area contributed by atoms with Gasteiger partial charge in [0.25, 0.3) is 0 Å². The summed E-state index contributed by atoms with van der Waals surface area (Å²) in [5.41, 5.74) is 8.58. The van der Waals surface area contributed by atoms with Crippen molar-refractivity contribution in [2.75, 3.05) is 18.0 Å². The zero-order valence-corrected chi connectivity index (χ0v) is 12.5. The molecular formula is C16H24N4. The molecule has 4 nitrogen and oxygen atoms in total. The summed E-state index contributed by atoms with van der Waals surface area (Å²) in [6.07, 6.45) is 5.78. The zero-order chi connectivity index (χ0) is 14.2. The SMILES string of the molecule is CCC1(C)CCN(c2nc3ccccn3c2CN)CC1. The summed E-state index contributed by atoms with van der Waals surface area (Å²) in [4.78, 5) is 7.20. The van der Waals surface area contributed by atoms with E-state index in [1.54, 1.807) is 0 Å². The van der Waals surface area contributed by atoms with Gasteiger partial charge in [-0.1, -0.05) is 26.3 Å². The molecule has 4 heteroatoms. The van der Waals surface area contributed by atoms with E-state index in [1.165, 1.54) is 19.3 Å². The largest absolute Gasteiger partial charge is 0.355 e. The molecule has 3 heterocycles. The molecule has 0 aromatic carbocycles. The third-order valence-electron chi connectivity index (χ3n) is 4.92. The molecule has 2 aromatic heterocycles. The van der Waals surface area contributed by atoms with Crippen LogP contribution in [0, 0.1) is 5.41 Å². The number of imidazole rings is 1.